The number of carbonyl (C=O) groups is 1. The average molecular weight is 291 g/mol. The molecule has 21 heavy (non-hydrogen) atoms. The summed E-state index contributed by atoms with van der Waals surface area (Å²) in [4.78, 5) is 19.5. The zero-order valence-electron chi connectivity index (χ0n) is 12.5. The number of hydrogen-bond donors (Lipinski definition) is 0. The van der Waals surface area contributed by atoms with Gasteiger partial charge in [0.05, 0.1) is 19.7 Å². The molecule has 0 bridgehead atoms. The van der Waals surface area contributed by atoms with Crippen molar-refractivity contribution in [3.05, 3.63) is 24.4 Å². The van der Waals surface area contributed by atoms with Gasteiger partial charge in [0.2, 0.25) is 5.88 Å². The largest absolute Gasteiger partial charge is 0.474 e. The van der Waals surface area contributed by atoms with Crippen molar-refractivity contribution < 1.29 is 14.3 Å². The molecule has 114 valence electrons. The number of urea groups is 1. The number of nitrogens with zero attached hydrogens (tertiary/aromatic N) is 3. The molecule has 0 N–H and O–H groups in total. The van der Waals surface area contributed by atoms with E-state index in [1.54, 1.807) is 25.2 Å². The van der Waals surface area contributed by atoms with Crippen LogP contribution < -0.4 is 4.74 Å². The Hall–Kier alpha value is -1.82. The highest BCUT2D eigenvalue weighted by atomic mass is 16.5. The first kappa shape index (κ1) is 14.1. The monoisotopic (exact) mass is 291 g/mol. The average Bonchev–Trinajstić information content (AvgIpc) is 2.45. The SMILES string of the molecule is CN(C)C(=O)N1CC2(C[C@@H](Oc3ccccn3)CCO2)C1. The molecule has 1 aromatic heterocycles. The predicted molar refractivity (Wildman–Crippen MR) is 77.2 cm³/mol. The van der Waals surface area contributed by atoms with E-state index < -0.39 is 0 Å². The van der Waals surface area contributed by atoms with Crippen LogP contribution in [0.5, 0.6) is 5.88 Å². The molecule has 2 aliphatic rings. The lowest BCUT2D eigenvalue weighted by Gasteiger charge is -2.53. The highest BCUT2D eigenvalue weighted by Crippen LogP contribution is 2.35. The van der Waals surface area contributed by atoms with E-state index >= 15 is 0 Å². The first-order chi connectivity index (χ1) is 10.1. The van der Waals surface area contributed by atoms with Crippen molar-refractivity contribution in [1.82, 2.24) is 14.8 Å². The van der Waals surface area contributed by atoms with Gasteiger partial charge < -0.3 is 19.3 Å². The fourth-order valence-electron chi connectivity index (χ4n) is 2.96. The molecule has 0 radical (unpaired) electrons. The van der Waals surface area contributed by atoms with Gasteiger partial charge in [-0.25, -0.2) is 9.78 Å². The van der Waals surface area contributed by atoms with Gasteiger partial charge in [-0.1, -0.05) is 6.07 Å². The Morgan fingerprint density at radius 2 is 2.29 bits per heavy atom. The van der Waals surface area contributed by atoms with Crippen LogP contribution in [0.4, 0.5) is 4.79 Å². The van der Waals surface area contributed by atoms with Crippen molar-refractivity contribution >= 4 is 6.03 Å². The molecule has 2 aliphatic heterocycles. The molecule has 2 fully saturated rings. The molecule has 0 aliphatic carbocycles. The molecule has 2 saturated heterocycles. The van der Waals surface area contributed by atoms with Crippen LogP contribution in [-0.4, -0.2) is 66.3 Å². The lowest BCUT2D eigenvalue weighted by molar-refractivity contribution is -0.174. The van der Waals surface area contributed by atoms with Crippen LogP contribution in [-0.2, 0) is 4.74 Å². The number of amides is 2. The number of ether oxygens (including phenoxy) is 2. The molecule has 3 heterocycles. The Morgan fingerprint density at radius 1 is 1.48 bits per heavy atom. The summed E-state index contributed by atoms with van der Waals surface area (Å²) in [5.41, 5.74) is -0.233. The van der Waals surface area contributed by atoms with Gasteiger partial charge in [0.25, 0.3) is 0 Å². The maximum atomic E-state index is 11.9. The number of carbonyl (C=O) groups excluding carboxylic acids is 1. The summed E-state index contributed by atoms with van der Waals surface area (Å²) in [6.07, 6.45) is 3.50. The van der Waals surface area contributed by atoms with Crippen LogP contribution in [0.15, 0.2) is 24.4 Å². The number of rotatable bonds is 2. The minimum absolute atomic E-state index is 0.0389. The minimum Gasteiger partial charge on any atom is -0.474 e. The molecule has 6 nitrogen and oxygen atoms in total. The summed E-state index contributed by atoms with van der Waals surface area (Å²) >= 11 is 0. The van der Waals surface area contributed by atoms with Gasteiger partial charge in [-0.15, -0.1) is 0 Å². The Labute approximate surface area is 124 Å². The molecule has 1 atom stereocenters. The summed E-state index contributed by atoms with van der Waals surface area (Å²) in [6.45, 7) is 1.96. The van der Waals surface area contributed by atoms with E-state index in [0.29, 0.717) is 25.6 Å². The highest BCUT2D eigenvalue weighted by molar-refractivity contribution is 5.75. The lowest BCUT2D eigenvalue weighted by Crippen LogP contribution is -2.68. The summed E-state index contributed by atoms with van der Waals surface area (Å²) in [5, 5.41) is 0. The van der Waals surface area contributed by atoms with Crippen LogP contribution in [0.2, 0.25) is 0 Å². The molecule has 0 saturated carbocycles. The minimum atomic E-state index is -0.233. The summed E-state index contributed by atoms with van der Waals surface area (Å²) in [5.74, 6) is 0.653. The van der Waals surface area contributed by atoms with Crippen molar-refractivity contribution in [2.24, 2.45) is 0 Å². The normalized spacial score (nSPS) is 23.5. The number of hydrogen-bond acceptors (Lipinski definition) is 4. The Morgan fingerprint density at radius 3 is 2.95 bits per heavy atom. The zero-order valence-corrected chi connectivity index (χ0v) is 12.5. The predicted octanol–water partition coefficient (Wildman–Crippen LogP) is 1.38. The van der Waals surface area contributed by atoms with Gasteiger partial charge in [-0.05, 0) is 6.07 Å². The summed E-state index contributed by atoms with van der Waals surface area (Å²) in [7, 11) is 3.53. The second kappa shape index (κ2) is 5.52. The summed E-state index contributed by atoms with van der Waals surface area (Å²) in [6, 6.07) is 5.69. The first-order valence-electron chi connectivity index (χ1n) is 7.26. The van der Waals surface area contributed by atoms with E-state index in [9.17, 15) is 4.79 Å². The quantitative estimate of drug-likeness (QED) is 0.826. The van der Waals surface area contributed by atoms with E-state index in [1.807, 2.05) is 23.1 Å². The van der Waals surface area contributed by atoms with Crippen molar-refractivity contribution in [3.8, 4) is 5.88 Å². The van der Waals surface area contributed by atoms with Gasteiger partial charge in [-0.2, -0.15) is 0 Å². The molecule has 0 aromatic carbocycles. The summed E-state index contributed by atoms with van der Waals surface area (Å²) < 4.78 is 11.8. The van der Waals surface area contributed by atoms with Crippen molar-refractivity contribution in [2.45, 2.75) is 24.5 Å². The van der Waals surface area contributed by atoms with E-state index in [0.717, 1.165) is 12.8 Å². The van der Waals surface area contributed by atoms with Crippen LogP contribution >= 0.6 is 0 Å². The Kier molecular flexibility index (Phi) is 3.71. The zero-order chi connectivity index (χ0) is 14.9. The Bertz CT molecular complexity index is 500. The number of aromatic nitrogens is 1. The fourth-order valence-corrected chi connectivity index (χ4v) is 2.96. The van der Waals surface area contributed by atoms with Crippen molar-refractivity contribution in [1.29, 1.82) is 0 Å². The fraction of sp³-hybridized carbons (Fsp3) is 0.600. The van der Waals surface area contributed by atoms with Gasteiger partial charge >= 0.3 is 6.03 Å². The van der Waals surface area contributed by atoms with E-state index in [-0.39, 0.29) is 17.7 Å². The maximum absolute atomic E-state index is 11.9. The molecule has 2 amide bonds. The van der Waals surface area contributed by atoms with Crippen LogP contribution in [0.1, 0.15) is 12.8 Å². The third kappa shape index (κ3) is 2.95. The van der Waals surface area contributed by atoms with Crippen molar-refractivity contribution in [3.63, 3.8) is 0 Å². The molecular formula is C15H21N3O3. The van der Waals surface area contributed by atoms with Gasteiger partial charge in [-0.3, -0.25) is 0 Å². The maximum Gasteiger partial charge on any atom is 0.319 e. The second-order valence-corrected chi connectivity index (χ2v) is 5.97. The van der Waals surface area contributed by atoms with Crippen LogP contribution in [0.3, 0.4) is 0 Å². The van der Waals surface area contributed by atoms with Crippen molar-refractivity contribution in [2.75, 3.05) is 33.8 Å². The lowest BCUT2D eigenvalue weighted by atomic mass is 9.85. The number of pyridine rings is 1. The van der Waals surface area contributed by atoms with E-state index in [2.05, 4.69) is 4.98 Å². The third-order valence-corrected chi connectivity index (χ3v) is 3.98. The molecule has 3 rings (SSSR count). The van der Waals surface area contributed by atoms with E-state index in [4.69, 9.17) is 9.47 Å². The standard InChI is InChI=1S/C15H21N3O3/c1-17(2)14(19)18-10-15(11-18)9-12(6-8-20-15)21-13-5-3-4-7-16-13/h3-5,7,12H,6,8-11H2,1-2H3/t12-/m0/s1. The van der Waals surface area contributed by atoms with Gasteiger partial charge in [0.1, 0.15) is 11.7 Å². The molecule has 1 spiro atoms. The second-order valence-electron chi connectivity index (χ2n) is 5.97. The first-order valence-corrected chi connectivity index (χ1v) is 7.26. The molecule has 0 unspecified atom stereocenters. The smallest absolute Gasteiger partial charge is 0.319 e. The van der Waals surface area contributed by atoms with Crippen LogP contribution in [0, 0.1) is 0 Å². The Balaban J connectivity index is 1.56. The molecule has 1 aromatic rings. The molecule has 6 heteroatoms. The topological polar surface area (TPSA) is 54.9 Å². The van der Waals surface area contributed by atoms with E-state index in [1.165, 1.54) is 0 Å². The number of likely N-dealkylation sites (tertiary alicyclic amines) is 1. The van der Waals surface area contributed by atoms with Gasteiger partial charge in [0.15, 0.2) is 0 Å². The van der Waals surface area contributed by atoms with Gasteiger partial charge in [0, 0.05) is 39.2 Å². The molecular weight excluding hydrogens is 270 g/mol. The highest BCUT2D eigenvalue weighted by Gasteiger charge is 2.50. The third-order valence-electron chi connectivity index (χ3n) is 3.98. The van der Waals surface area contributed by atoms with Crippen LogP contribution in [0.25, 0.3) is 0 Å².